The molecule has 0 aromatic carbocycles. The predicted octanol–water partition coefficient (Wildman–Crippen LogP) is 4.46. The standard InChI is InChI=1S/C14H23NOS/c1-4-16-14(8-6-5-7-9-14)13-15-12(10-17-13)11(2)3/h10-11H,4-9H2,1-3H3. The highest BCUT2D eigenvalue weighted by Gasteiger charge is 2.37. The fraction of sp³-hybridized carbons (Fsp3) is 0.786. The highest BCUT2D eigenvalue weighted by Crippen LogP contribution is 2.42. The summed E-state index contributed by atoms with van der Waals surface area (Å²) in [6.45, 7) is 7.28. The summed E-state index contributed by atoms with van der Waals surface area (Å²) >= 11 is 1.79. The van der Waals surface area contributed by atoms with Crippen LogP contribution in [-0.2, 0) is 10.3 Å². The second kappa shape index (κ2) is 5.49. The van der Waals surface area contributed by atoms with E-state index < -0.39 is 0 Å². The summed E-state index contributed by atoms with van der Waals surface area (Å²) < 4.78 is 6.10. The van der Waals surface area contributed by atoms with Gasteiger partial charge in [0.1, 0.15) is 10.6 Å². The third-order valence-electron chi connectivity index (χ3n) is 3.59. The lowest BCUT2D eigenvalue weighted by atomic mass is 9.85. The van der Waals surface area contributed by atoms with Crippen LogP contribution < -0.4 is 0 Å². The Morgan fingerprint density at radius 2 is 2.06 bits per heavy atom. The van der Waals surface area contributed by atoms with E-state index in [-0.39, 0.29) is 5.60 Å². The maximum Gasteiger partial charge on any atom is 0.125 e. The topological polar surface area (TPSA) is 22.1 Å². The zero-order valence-electron chi connectivity index (χ0n) is 11.2. The van der Waals surface area contributed by atoms with Crippen molar-refractivity contribution in [3.8, 4) is 0 Å². The summed E-state index contributed by atoms with van der Waals surface area (Å²) in [6.07, 6.45) is 6.18. The van der Waals surface area contributed by atoms with Crippen LogP contribution in [0.1, 0.15) is 69.5 Å². The summed E-state index contributed by atoms with van der Waals surface area (Å²) in [5, 5.41) is 3.41. The molecule has 0 N–H and O–H groups in total. The van der Waals surface area contributed by atoms with E-state index >= 15 is 0 Å². The molecule has 0 saturated heterocycles. The Morgan fingerprint density at radius 1 is 1.35 bits per heavy atom. The van der Waals surface area contributed by atoms with Gasteiger partial charge in [0, 0.05) is 12.0 Å². The molecule has 0 aliphatic heterocycles. The van der Waals surface area contributed by atoms with Crippen LogP contribution in [0.2, 0.25) is 0 Å². The van der Waals surface area contributed by atoms with E-state index in [4.69, 9.17) is 9.72 Å². The lowest BCUT2D eigenvalue weighted by Crippen LogP contribution is -2.32. The Balaban J connectivity index is 2.24. The van der Waals surface area contributed by atoms with E-state index in [9.17, 15) is 0 Å². The monoisotopic (exact) mass is 253 g/mol. The molecule has 0 spiro atoms. The first-order valence-electron chi connectivity index (χ1n) is 6.78. The van der Waals surface area contributed by atoms with Gasteiger partial charge in [-0.25, -0.2) is 4.98 Å². The molecule has 2 rings (SSSR count). The third-order valence-corrected chi connectivity index (χ3v) is 4.63. The van der Waals surface area contributed by atoms with E-state index in [1.165, 1.54) is 30.0 Å². The lowest BCUT2D eigenvalue weighted by Gasteiger charge is -2.35. The molecule has 1 aliphatic carbocycles. The van der Waals surface area contributed by atoms with Crippen molar-refractivity contribution in [3.05, 3.63) is 16.1 Å². The van der Waals surface area contributed by atoms with Crippen molar-refractivity contribution in [3.63, 3.8) is 0 Å². The summed E-state index contributed by atoms with van der Waals surface area (Å²) in [4.78, 5) is 4.82. The minimum Gasteiger partial charge on any atom is -0.368 e. The Morgan fingerprint density at radius 3 is 2.59 bits per heavy atom. The van der Waals surface area contributed by atoms with Gasteiger partial charge in [0.25, 0.3) is 0 Å². The van der Waals surface area contributed by atoms with Crippen molar-refractivity contribution in [2.75, 3.05) is 6.61 Å². The molecule has 1 heterocycles. The van der Waals surface area contributed by atoms with Crippen molar-refractivity contribution < 1.29 is 4.74 Å². The van der Waals surface area contributed by atoms with Crippen LogP contribution in [0.4, 0.5) is 0 Å². The van der Waals surface area contributed by atoms with Crippen LogP contribution in [0.5, 0.6) is 0 Å². The molecule has 0 bridgehead atoms. The molecule has 2 nitrogen and oxygen atoms in total. The van der Waals surface area contributed by atoms with Crippen LogP contribution in [0.25, 0.3) is 0 Å². The van der Waals surface area contributed by atoms with Crippen molar-refractivity contribution >= 4 is 11.3 Å². The zero-order valence-corrected chi connectivity index (χ0v) is 12.0. The van der Waals surface area contributed by atoms with Crippen LogP contribution in [0.3, 0.4) is 0 Å². The van der Waals surface area contributed by atoms with E-state index in [2.05, 4.69) is 26.2 Å². The van der Waals surface area contributed by atoms with E-state index in [1.54, 1.807) is 11.3 Å². The van der Waals surface area contributed by atoms with Gasteiger partial charge >= 0.3 is 0 Å². The van der Waals surface area contributed by atoms with Gasteiger partial charge in [-0.15, -0.1) is 11.3 Å². The van der Waals surface area contributed by atoms with Crippen molar-refractivity contribution in [1.29, 1.82) is 0 Å². The average Bonchev–Trinajstić information content (AvgIpc) is 2.80. The minimum atomic E-state index is -0.0647. The average molecular weight is 253 g/mol. The first-order chi connectivity index (χ1) is 8.18. The van der Waals surface area contributed by atoms with Crippen molar-refractivity contribution in [1.82, 2.24) is 4.98 Å². The molecule has 0 amide bonds. The van der Waals surface area contributed by atoms with Gasteiger partial charge in [0.2, 0.25) is 0 Å². The molecule has 96 valence electrons. The Bertz CT molecular complexity index is 347. The van der Waals surface area contributed by atoms with Gasteiger partial charge in [-0.2, -0.15) is 0 Å². The fourth-order valence-electron chi connectivity index (χ4n) is 2.58. The van der Waals surface area contributed by atoms with Crippen LogP contribution in [0, 0.1) is 0 Å². The Labute approximate surface area is 108 Å². The van der Waals surface area contributed by atoms with Gasteiger partial charge in [0.05, 0.1) is 5.69 Å². The molecule has 1 aliphatic rings. The largest absolute Gasteiger partial charge is 0.368 e. The number of rotatable bonds is 4. The molecule has 1 fully saturated rings. The number of aromatic nitrogens is 1. The summed E-state index contributed by atoms with van der Waals surface area (Å²) in [5.41, 5.74) is 1.15. The van der Waals surface area contributed by atoms with Crippen molar-refractivity contribution in [2.24, 2.45) is 0 Å². The summed E-state index contributed by atoms with van der Waals surface area (Å²) in [7, 11) is 0. The van der Waals surface area contributed by atoms with Gasteiger partial charge in [-0.1, -0.05) is 33.1 Å². The molecule has 17 heavy (non-hydrogen) atoms. The number of thiazole rings is 1. The van der Waals surface area contributed by atoms with Gasteiger partial charge in [-0.05, 0) is 25.7 Å². The molecule has 0 unspecified atom stereocenters. The number of hydrogen-bond donors (Lipinski definition) is 0. The Kier molecular flexibility index (Phi) is 4.21. The SMILES string of the molecule is CCOC1(c2nc(C(C)C)cs2)CCCCC1. The lowest BCUT2D eigenvalue weighted by molar-refractivity contribution is -0.0705. The molecular formula is C14H23NOS. The molecule has 0 atom stereocenters. The smallest absolute Gasteiger partial charge is 0.125 e. The quantitative estimate of drug-likeness (QED) is 0.790. The molecular weight excluding hydrogens is 230 g/mol. The minimum absolute atomic E-state index is 0.0647. The Hall–Kier alpha value is -0.410. The first kappa shape index (κ1) is 13.0. The summed E-state index contributed by atoms with van der Waals surface area (Å²) in [5.74, 6) is 0.516. The van der Waals surface area contributed by atoms with Crippen LogP contribution in [0.15, 0.2) is 5.38 Å². The van der Waals surface area contributed by atoms with Crippen LogP contribution >= 0.6 is 11.3 Å². The predicted molar refractivity (Wildman–Crippen MR) is 72.6 cm³/mol. The number of nitrogens with zero attached hydrogens (tertiary/aromatic N) is 1. The maximum atomic E-state index is 6.10. The summed E-state index contributed by atoms with van der Waals surface area (Å²) in [6, 6.07) is 0. The molecule has 1 saturated carbocycles. The number of hydrogen-bond acceptors (Lipinski definition) is 3. The second-order valence-corrected chi connectivity index (χ2v) is 6.08. The van der Waals surface area contributed by atoms with E-state index in [0.717, 1.165) is 19.4 Å². The zero-order chi connectivity index (χ0) is 12.3. The third kappa shape index (κ3) is 2.71. The first-order valence-corrected chi connectivity index (χ1v) is 7.66. The maximum absolute atomic E-state index is 6.10. The van der Waals surface area contributed by atoms with Crippen molar-refractivity contribution in [2.45, 2.75) is 64.4 Å². The van der Waals surface area contributed by atoms with Gasteiger partial charge in [-0.3, -0.25) is 0 Å². The van der Waals surface area contributed by atoms with E-state index in [1.807, 2.05) is 0 Å². The van der Waals surface area contributed by atoms with Crippen LogP contribution in [-0.4, -0.2) is 11.6 Å². The molecule has 1 aromatic heterocycles. The fourth-order valence-corrected chi connectivity index (χ4v) is 3.77. The molecule has 1 aromatic rings. The van der Waals surface area contributed by atoms with Gasteiger partial charge in [0.15, 0.2) is 0 Å². The molecule has 0 radical (unpaired) electrons. The molecule has 3 heteroatoms. The number of ether oxygens (including phenoxy) is 1. The second-order valence-electron chi connectivity index (χ2n) is 5.22. The van der Waals surface area contributed by atoms with E-state index in [0.29, 0.717) is 5.92 Å². The normalized spacial score (nSPS) is 19.8. The highest BCUT2D eigenvalue weighted by atomic mass is 32.1. The highest BCUT2D eigenvalue weighted by molar-refractivity contribution is 7.09. The van der Waals surface area contributed by atoms with Gasteiger partial charge < -0.3 is 4.74 Å².